The maximum atomic E-state index is 5.94. The van der Waals surface area contributed by atoms with E-state index in [-0.39, 0.29) is 0 Å². The van der Waals surface area contributed by atoms with Crippen molar-refractivity contribution in [1.82, 2.24) is 24.8 Å². The molecule has 6 heteroatoms. The standard InChI is InChI=1S/C18H16ClN5/c19-15-3-1-13(2-4-15)18-22-9-14-11-24(8-5-17(14)23-18)12-16-10-20-6-7-21-16/h1-4,6-7,9-10H,5,8,11-12H2. The second-order valence-electron chi connectivity index (χ2n) is 5.83. The van der Waals surface area contributed by atoms with E-state index >= 15 is 0 Å². The number of hydrogen-bond donors (Lipinski definition) is 0. The van der Waals surface area contributed by atoms with Crippen LogP contribution in [-0.4, -0.2) is 31.4 Å². The third-order valence-electron chi connectivity index (χ3n) is 4.12. The lowest BCUT2D eigenvalue weighted by atomic mass is 10.1. The van der Waals surface area contributed by atoms with Crippen molar-refractivity contribution in [2.75, 3.05) is 6.54 Å². The molecule has 24 heavy (non-hydrogen) atoms. The fourth-order valence-corrected chi connectivity index (χ4v) is 3.01. The Labute approximate surface area is 145 Å². The maximum Gasteiger partial charge on any atom is 0.159 e. The fourth-order valence-electron chi connectivity index (χ4n) is 2.89. The Morgan fingerprint density at radius 1 is 1.04 bits per heavy atom. The van der Waals surface area contributed by atoms with Crippen LogP contribution in [0.25, 0.3) is 11.4 Å². The van der Waals surface area contributed by atoms with E-state index in [4.69, 9.17) is 16.6 Å². The number of halogens is 1. The van der Waals surface area contributed by atoms with Crippen LogP contribution in [0.3, 0.4) is 0 Å². The average molecular weight is 338 g/mol. The first-order chi connectivity index (χ1) is 11.8. The van der Waals surface area contributed by atoms with Gasteiger partial charge in [-0.05, 0) is 24.3 Å². The predicted octanol–water partition coefficient (Wildman–Crippen LogP) is 3.15. The normalized spacial score (nSPS) is 14.4. The van der Waals surface area contributed by atoms with Crippen LogP contribution >= 0.6 is 11.6 Å². The lowest BCUT2D eigenvalue weighted by molar-refractivity contribution is 0.240. The van der Waals surface area contributed by atoms with Crippen LogP contribution in [0.2, 0.25) is 5.02 Å². The molecule has 0 saturated carbocycles. The van der Waals surface area contributed by atoms with E-state index in [1.807, 2.05) is 36.7 Å². The molecule has 1 aromatic carbocycles. The van der Waals surface area contributed by atoms with Crippen LogP contribution < -0.4 is 0 Å². The van der Waals surface area contributed by atoms with Crippen molar-refractivity contribution in [1.29, 1.82) is 0 Å². The molecule has 0 aliphatic carbocycles. The molecule has 0 radical (unpaired) electrons. The maximum absolute atomic E-state index is 5.94. The second kappa shape index (κ2) is 6.63. The van der Waals surface area contributed by atoms with E-state index in [1.54, 1.807) is 12.4 Å². The Morgan fingerprint density at radius 3 is 2.71 bits per heavy atom. The molecule has 1 aliphatic heterocycles. The monoisotopic (exact) mass is 337 g/mol. The molecule has 0 N–H and O–H groups in total. The Hall–Kier alpha value is -2.37. The molecule has 0 saturated heterocycles. The van der Waals surface area contributed by atoms with Gasteiger partial charge in [0.05, 0.1) is 11.4 Å². The molecule has 3 aromatic rings. The first-order valence-electron chi connectivity index (χ1n) is 7.86. The first-order valence-corrected chi connectivity index (χ1v) is 8.24. The molecule has 1 aliphatic rings. The molecule has 0 fully saturated rings. The predicted molar refractivity (Wildman–Crippen MR) is 92.3 cm³/mol. The van der Waals surface area contributed by atoms with E-state index in [0.717, 1.165) is 53.9 Å². The van der Waals surface area contributed by atoms with Crippen LogP contribution in [0.1, 0.15) is 17.0 Å². The van der Waals surface area contributed by atoms with Crippen molar-refractivity contribution in [2.45, 2.75) is 19.5 Å². The highest BCUT2D eigenvalue weighted by Crippen LogP contribution is 2.22. The molecule has 3 heterocycles. The molecule has 4 rings (SSSR count). The summed E-state index contributed by atoms with van der Waals surface area (Å²) in [6, 6.07) is 7.63. The molecular weight excluding hydrogens is 322 g/mol. The van der Waals surface area contributed by atoms with Gasteiger partial charge >= 0.3 is 0 Å². The molecule has 120 valence electrons. The third kappa shape index (κ3) is 3.27. The van der Waals surface area contributed by atoms with Gasteiger partial charge in [-0.1, -0.05) is 11.6 Å². The Morgan fingerprint density at radius 2 is 1.92 bits per heavy atom. The zero-order valence-electron chi connectivity index (χ0n) is 13.1. The van der Waals surface area contributed by atoms with Crippen molar-refractivity contribution in [3.63, 3.8) is 0 Å². The van der Waals surface area contributed by atoms with Crippen LogP contribution in [0.15, 0.2) is 49.1 Å². The molecule has 0 spiro atoms. The van der Waals surface area contributed by atoms with Crippen molar-refractivity contribution in [2.24, 2.45) is 0 Å². The van der Waals surface area contributed by atoms with Crippen LogP contribution in [0.5, 0.6) is 0 Å². The van der Waals surface area contributed by atoms with Gasteiger partial charge in [-0.15, -0.1) is 0 Å². The van der Waals surface area contributed by atoms with Crippen LogP contribution in [0.4, 0.5) is 0 Å². The van der Waals surface area contributed by atoms with E-state index in [1.165, 1.54) is 5.56 Å². The van der Waals surface area contributed by atoms with Gasteiger partial charge in [0, 0.05) is 67.0 Å². The second-order valence-corrected chi connectivity index (χ2v) is 6.27. The summed E-state index contributed by atoms with van der Waals surface area (Å²) in [6.07, 6.45) is 8.10. The molecule has 0 unspecified atom stereocenters. The zero-order chi connectivity index (χ0) is 16.4. The van der Waals surface area contributed by atoms with E-state index in [2.05, 4.69) is 19.9 Å². The summed E-state index contributed by atoms with van der Waals surface area (Å²) in [4.78, 5) is 20.1. The average Bonchev–Trinajstić information content (AvgIpc) is 2.63. The minimum absolute atomic E-state index is 0.719. The summed E-state index contributed by atoms with van der Waals surface area (Å²) in [5.74, 6) is 0.757. The van der Waals surface area contributed by atoms with Gasteiger partial charge < -0.3 is 0 Å². The largest absolute Gasteiger partial charge is 0.293 e. The van der Waals surface area contributed by atoms with E-state index in [0.29, 0.717) is 0 Å². The van der Waals surface area contributed by atoms with Gasteiger partial charge in [0.25, 0.3) is 0 Å². The summed E-state index contributed by atoms with van der Waals surface area (Å²) in [6.45, 7) is 2.60. The third-order valence-corrected chi connectivity index (χ3v) is 4.37. The van der Waals surface area contributed by atoms with Gasteiger partial charge in [-0.3, -0.25) is 14.9 Å². The molecule has 0 amide bonds. The molecule has 2 aromatic heterocycles. The zero-order valence-corrected chi connectivity index (χ0v) is 13.8. The fraction of sp³-hybridized carbons (Fsp3) is 0.222. The Balaban J connectivity index is 1.52. The highest BCUT2D eigenvalue weighted by molar-refractivity contribution is 6.30. The number of aromatic nitrogens is 4. The van der Waals surface area contributed by atoms with Gasteiger partial charge in [0.1, 0.15) is 0 Å². The Bertz CT molecular complexity index is 836. The highest BCUT2D eigenvalue weighted by Gasteiger charge is 2.19. The smallest absolute Gasteiger partial charge is 0.159 e. The van der Waals surface area contributed by atoms with Crippen molar-refractivity contribution in [3.8, 4) is 11.4 Å². The number of fused-ring (bicyclic) bond motifs is 1. The van der Waals surface area contributed by atoms with Gasteiger partial charge in [0.15, 0.2) is 5.82 Å². The van der Waals surface area contributed by atoms with Gasteiger partial charge in [0.2, 0.25) is 0 Å². The summed E-state index contributed by atoms with van der Waals surface area (Å²) in [5.41, 5.74) is 4.29. The first kappa shape index (κ1) is 15.2. The minimum atomic E-state index is 0.719. The number of hydrogen-bond acceptors (Lipinski definition) is 5. The summed E-state index contributed by atoms with van der Waals surface area (Å²) in [7, 11) is 0. The van der Waals surface area contributed by atoms with Crippen molar-refractivity contribution < 1.29 is 0 Å². The summed E-state index contributed by atoms with van der Waals surface area (Å²) in [5, 5.41) is 0.719. The van der Waals surface area contributed by atoms with E-state index in [9.17, 15) is 0 Å². The molecule has 5 nitrogen and oxygen atoms in total. The summed E-state index contributed by atoms with van der Waals surface area (Å²) < 4.78 is 0. The SMILES string of the molecule is Clc1ccc(-c2ncc3c(n2)CCN(Cc2cnccn2)C3)cc1. The van der Waals surface area contributed by atoms with Gasteiger partial charge in [-0.25, -0.2) is 9.97 Å². The quantitative estimate of drug-likeness (QED) is 0.735. The van der Waals surface area contributed by atoms with Crippen LogP contribution in [-0.2, 0) is 19.5 Å². The van der Waals surface area contributed by atoms with Crippen molar-refractivity contribution in [3.05, 3.63) is 71.0 Å². The number of rotatable bonds is 3. The van der Waals surface area contributed by atoms with Gasteiger partial charge in [-0.2, -0.15) is 0 Å². The molecular formula is C18H16ClN5. The minimum Gasteiger partial charge on any atom is -0.293 e. The van der Waals surface area contributed by atoms with Crippen molar-refractivity contribution >= 4 is 11.6 Å². The highest BCUT2D eigenvalue weighted by atomic mass is 35.5. The number of nitrogens with zero attached hydrogens (tertiary/aromatic N) is 5. The van der Waals surface area contributed by atoms with E-state index < -0.39 is 0 Å². The topological polar surface area (TPSA) is 54.8 Å². The lowest BCUT2D eigenvalue weighted by Crippen LogP contribution is -2.31. The molecule has 0 atom stereocenters. The number of benzene rings is 1. The lowest BCUT2D eigenvalue weighted by Gasteiger charge is -2.27. The Kier molecular flexibility index (Phi) is 4.19. The summed E-state index contributed by atoms with van der Waals surface area (Å²) >= 11 is 5.94. The van der Waals surface area contributed by atoms with Crippen LogP contribution in [0, 0.1) is 0 Å². The molecule has 0 bridgehead atoms.